The van der Waals surface area contributed by atoms with Crippen LogP contribution in [-0.2, 0) is 6.61 Å². The van der Waals surface area contributed by atoms with Crippen molar-refractivity contribution < 1.29 is 9.13 Å². The number of hydrogen-bond donors (Lipinski definition) is 0. The van der Waals surface area contributed by atoms with Gasteiger partial charge in [-0.15, -0.1) is 0 Å². The van der Waals surface area contributed by atoms with Crippen molar-refractivity contribution in [1.82, 2.24) is 4.98 Å². The first kappa shape index (κ1) is 14.1. The molecule has 0 amide bonds. The van der Waals surface area contributed by atoms with Gasteiger partial charge in [0, 0.05) is 22.2 Å². The maximum absolute atomic E-state index is 13.0. The fourth-order valence-corrected chi connectivity index (χ4v) is 2.44. The number of aromatic nitrogens is 1. The molecule has 5 heteroatoms. The van der Waals surface area contributed by atoms with Gasteiger partial charge in [0.2, 0.25) is 0 Å². The Labute approximate surface area is 131 Å². The Morgan fingerprint density at radius 1 is 1.05 bits per heavy atom. The van der Waals surface area contributed by atoms with Crippen molar-refractivity contribution in [1.29, 1.82) is 0 Å². The van der Waals surface area contributed by atoms with Crippen molar-refractivity contribution in [2.24, 2.45) is 0 Å². The zero-order valence-electron chi connectivity index (χ0n) is 10.8. The predicted molar refractivity (Wildman–Crippen MR) is 82.5 cm³/mol. The maximum atomic E-state index is 13.0. The molecule has 0 aliphatic rings. The van der Waals surface area contributed by atoms with Gasteiger partial charge in [-0.1, -0.05) is 29.3 Å². The topological polar surface area (TPSA) is 22.1 Å². The third kappa shape index (κ3) is 3.09. The molecule has 0 spiro atoms. The van der Waals surface area contributed by atoms with E-state index >= 15 is 0 Å². The Morgan fingerprint density at radius 2 is 1.90 bits per heavy atom. The van der Waals surface area contributed by atoms with Gasteiger partial charge in [0.25, 0.3) is 0 Å². The molecule has 0 fully saturated rings. The Bertz CT molecular complexity index is 807. The monoisotopic (exact) mass is 321 g/mol. The molecule has 1 heterocycles. The minimum absolute atomic E-state index is 0.247. The van der Waals surface area contributed by atoms with Crippen LogP contribution in [0.25, 0.3) is 10.9 Å². The predicted octanol–water partition coefficient (Wildman–Crippen LogP) is 5.26. The first-order valence-electron chi connectivity index (χ1n) is 6.24. The van der Waals surface area contributed by atoms with Gasteiger partial charge in [-0.3, -0.25) is 4.98 Å². The summed E-state index contributed by atoms with van der Waals surface area (Å²) in [6.07, 6.45) is 1.70. The summed E-state index contributed by atoms with van der Waals surface area (Å²) >= 11 is 11.9. The van der Waals surface area contributed by atoms with Gasteiger partial charge >= 0.3 is 0 Å². The second-order valence-corrected chi connectivity index (χ2v) is 5.34. The Balaban J connectivity index is 1.88. The van der Waals surface area contributed by atoms with E-state index in [2.05, 4.69) is 4.98 Å². The van der Waals surface area contributed by atoms with Gasteiger partial charge in [-0.2, -0.15) is 0 Å². The van der Waals surface area contributed by atoms with Crippen LogP contribution in [0.15, 0.2) is 48.7 Å². The van der Waals surface area contributed by atoms with Crippen LogP contribution in [0, 0.1) is 5.82 Å². The van der Waals surface area contributed by atoms with E-state index in [4.69, 9.17) is 27.9 Å². The molecular formula is C16H10Cl2FNO. The normalized spacial score (nSPS) is 10.8. The highest BCUT2D eigenvalue weighted by Gasteiger charge is 2.06. The zero-order chi connectivity index (χ0) is 14.8. The highest BCUT2D eigenvalue weighted by molar-refractivity contribution is 6.32. The lowest BCUT2D eigenvalue weighted by molar-refractivity contribution is 0.307. The van der Waals surface area contributed by atoms with E-state index in [0.717, 1.165) is 16.5 Å². The summed E-state index contributed by atoms with van der Waals surface area (Å²) in [6.45, 7) is 0.312. The minimum Gasteiger partial charge on any atom is -0.487 e. The molecule has 0 saturated heterocycles. The third-order valence-corrected chi connectivity index (χ3v) is 3.60. The summed E-state index contributed by atoms with van der Waals surface area (Å²) in [6, 6.07) is 11.4. The van der Waals surface area contributed by atoms with Crippen LogP contribution in [0.2, 0.25) is 10.0 Å². The van der Waals surface area contributed by atoms with Crippen molar-refractivity contribution in [3.05, 3.63) is 70.1 Å². The first-order chi connectivity index (χ1) is 10.1. The van der Waals surface area contributed by atoms with Crippen molar-refractivity contribution in [2.45, 2.75) is 6.61 Å². The van der Waals surface area contributed by atoms with Gasteiger partial charge in [-0.25, -0.2) is 4.39 Å². The van der Waals surface area contributed by atoms with Crippen LogP contribution in [0.5, 0.6) is 5.75 Å². The number of nitrogens with zero attached hydrogens (tertiary/aromatic N) is 1. The number of ether oxygens (including phenoxy) is 1. The minimum atomic E-state index is -0.392. The average Bonchev–Trinajstić information content (AvgIpc) is 2.46. The summed E-state index contributed by atoms with van der Waals surface area (Å²) in [5.74, 6) is 0.0494. The molecule has 3 rings (SSSR count). The second kappa shape index (κ2) is 5.88. The lowest BCUT2D eigenvalue weighted by Crippen LogP contribution is -1.98. The van der Waals surface area contributed by atoms with E-state index in [1.807, 2.05) is 12.1 Å². The molecule has 0 radical (unpaired) electrons. The van der Waals surface area contributed by atoms with Crippen molar-refractivity contribution in [3.8, 4) is 5.75 Å². The molecule has 0 atom stereocenters. The Morgan fingerprint density at radius 3 is 2.71 bits per heavy atom. The molecule has 1 aromatic heterocycles. The number of halogens is 3. The first-order valence-corrected chi connectivity index (χ1v) is 7.00. The molecule has 0 N–H and O–H groups in total. The number of rotatable bonds is 3. The largest absolute Gasteiger partial charge is 0.487 e. The van der Waals surface area contributed by atoms with E-state index in [0.29, 0.717) is 17.4 Å². The fraction of sp³-hybridized carbons (Fsp3) is 0.0625. The van der Waals surface area contributed by atoms with Crippen LogP contribution < -0.4 is 4.74 Å². The highest BCUT2D eigenvalue weighted by atomic mass is 35.5. The van der Waals surface area contributed by atoms with Crippen LogP contribution in [0.3, 0.4) is 0 Å². The van der Waals surface area contributed by atoms with Gasteiger partial charge in [0.05, 0.1) is 10.5 Å². The number of pyridine rings is 1. The van der Waals surface area contributed by atoms with Gasteiger partial charge < -0.3 is 4.74 Å². The summed E-state index contributed by atoms with van der Waals surface area (Å²) in [5.41, 5.74) is 1.76. The lowest BCUT2D eigenvalue weighted by atomic mass is 10.1. The summed E-state index contributed by atoms with van der Waals surface area (Å²) < 4.78 is 18.7. The number of fused-ring (bicyclic) bond motifs is 1. The summed E-state index contributed by atoms with van der Waals surface area (Å²) in [7, 11) is 0. The second-order valence-electron chi connectivity index (χ2n) is 4.49. The Hall–Kier alpha value is -1.84. The molecule has 0 saturated carbocycles. The van der Waals surface area contributed by atoms with E-state index in [-0.39, 0.29) is 5.02 Å². The van der Waals surface area contributed by atoms with Crippen molar-refractivity contribution >= 4 is 34.1 Å². The molecular weight excluding hydrogens is 312 g/mol. The molecule has 3 aromatic rings. The van der Waals surface area contributed by atoms with Gasteiger partial charge in [-0.05, 0) is 36.4 Å². The molecule has 2 nitrogen and oxygen atoms in total. The third-order valence-electron chi connectivity index (χ3n) is 3.07. The zero-order valence-corrected chi connectivity index (χ0v) is 12.3. The Kier molecular flexibility index (Phi) is 3.95. The molecule has 0 aliphatic carbocycles. The number of benzene rings is 2. The molecule has 21 heavy (non-hydrogen) atoms. The molecule has 0 unspecified atom stereocenters. The van der Waals surface area contributed by atoms with E-state index in [9.17, 15) is 4.39 Å². The van der Waals surface area contributed by atoms with E-state index in [1.165, 1.54) is 18.2 Å². The van der Waals surface area contributed by atoms with Gasteiger partial charge in [0.15, 0.2) is 0 Å². The van der Waals surface area contributed by atoms with E-state index < -0.39 is 5.82 Å². The highest BCUT2D eigenvalue weighted by Crippen LogP contribution is 2.27. The van der Waals surface area contributed by atoms with Crippen LogP contribution in [0.4, 0.5) is 4.39 Å². The number of hydrogen-bond acceptors (Lipinski definition) is 2. The molecule has 106 valence electrons. The summed E-state index contributed by atoms with van der Waals surface area (Å²) in [4.78, 5) is 4.27. The molecule has 0 aliphatic heterocycles. The quantitative estimate of drug-likeness (QED) is 0.656. The summed E-state index contributed by atoms with van der Waals surface area (Å²) in [5, 5.41) is 1.84. The van der Waals surface area contributed by atoms with Crippen LogP contribution in [-0.4, -0.2) is 4.98 Å². The SMILES string of the molecule is Fc1ccc(OCc2ccnc3cc(Cl)ccc23)c(Cl)c1. The van der Waals surface area contributed by atoms with E-state index in [1.54, 1.807) is 18.3 Å². The lowest BCUT2D eigenvalue weighted by Gasteiger charge is -2.10. The molecule has 2 aromatic carbocycles. The molecule has 0 bridgehead atoms. The van der Waals surface area contributed by atoms with Gasteiger partial charge in [0.1, 0.15) is 18.2 Å². The average molecular weight is 322 g/mol. The fourth-order valence-electron chi connectivity index (χ4n) is 2.05. The standard InChI is InChI=1S/C16H10Cl2FNO/c17-11-1-3-13-10(5-6-20-15(13)7-11)9-21-16-4-2-12(19)8-14(16)18/h1-8H,9H2. The maximum Gasteiger partial charge on any atom is 0.138 e. The van der Waals surface area contributed by atoms with Crippen molar-refractivity contribution in [3.63, 3.8) is 0 Å². The smallest absolute Gasteiger partial charge is 0.138 e. The van der Waals surface area contributed by atoms with Crippen molar-refractivity contribution in [2.75, 3.05) is 0 Å². The van der Waals surface area contributed by atoms with Crippen LogP contribution >= 0.6 is 23.2 Å². The van der Waals surface area contributed by atoms with Crippen LogP contribution in [0.1, 0.15) is 5.56 Å².